The number of hydrogen-bond acceptors (Lipinski definition) is 4. The van der Waals surface area contributed by atoms with Crippen LogP contribution in [0.1, 0.15) is 26.2 Å². The molecule has 0 aromatic heterocycles. The van der Waals surface area contributed by atoms with E-state index in [9.17, 15) is 9.59 Å². The van der Waals surface area contributed by atoms with Gasteiger partial charge in [-0.2, -0.15) is 0 Å². The van der Waals surface area contributed by atoms with Gasteiger partial charge in [0.1, 0.15) is 11.7 Å². The van der Waals surface area contributed by atoms with Crippen molar-refractivity contribution in [3.8, 4) is 0 Å². The summed E-state index contributed by atoms with van der Waals surface area (Å²) in [5.74, 6) is 1.12. The number of ether oxygens (including phenoxy) is 2. The van der Waals surface area contributed by atoms with Crippen molar-refractivity contribution in [1.29, 1.82) is 0 Å². The minimum atomic E-state index is -1.17. The summed E-state index contributed by atoms with van der Waals surface area (Å²) in [7, 11) is 0. The van der Waals surface area contributed by atoms with Crippen LogP contribution in [0.2, 0.25) is 0 Å². The summed E-state index contributed by atoms with van der Waals surface area (Å²) < 4.78 is 10.4. The molecule has 0 amide bonds. The molecule has 92 valence electrons. The van der Waals surface area contributed by atoms with Crippen LogP contribution in [-0.4, -0.2) is 28.9 Å². The molecule has 0 aromatic carbocycles. The van der Waals surface area contributed by atoms with Gasteiger partial charge in [0, 0.05) is 24.2 Å². The number of esters is 1. The molecule has 0 aliphatic heterocycles. The largest absolute Gasteiger partial charge is 0.506 e. The summed E-state index contributed by atoms with van der Waals surface area (Å²) in [6.45, 7) is 1.43. The fourth-order valence-corrected chi connectivity index (χ4v) is 5.11. The average molecular weight is 238 g/mol. The van der Waals surface area contributed by atoms with Crippen LogP contribution in [0.3, 0.4) is 0 Å². The summed E-state index contributed by atoms with van der Waals surface area (Å²) in [5, 5.41) is 8.79. The second-order valence-electron chi connectivity index (χ2n) is 6.03. The fraction of sp³-hybridized carbons (Fsp3) is 0.833. The zero-order chi connectivity index (χ0) is 12.0. The van der Waals surface area contributed by atoms with E-state index >= 15 is 0 Å². The lowest BCUT2D eigenvalue weighted by atomic mass is 9.46. The maximum Gasteiger partial charge on any atom is 0.506 e. The van der Waals surface area contributed by atoms with Gasteiger partial charge in [-0.1, -0.05) is 0 Å². The van der Waals surface area contributed by atoms with Gasteiger partial charge in [-0.3, -0.25) is 4.79 Å². The monoisotopic (exact) mass is 238 g/mol. The first-order valence-corrected chi connectivity index (χ1v) is 6.08. The van der Waals surface area contributed by atoms with Crippen molar-refractivity contribution in [1.82, 2.24) is 0 Å². The van der Waals surface area contributed by atoms with Gasteiger partial charge in [0.2, 0.25) is 0 Å². The molecule has 4 aliphatic rings. The Bertz CT molecular complexity index is 446. The van der Waals surface area contributed by atoms with Gasteiger partial charge in [0.25, 0.3) is 0 Å². The molecule has 6 unspecified atom stereocenters. The first-order valence-electron chi connectivity index (χ1n) is 6.08. The van der Waals surface area contributed by atoms with E-state index in [4.69, 9.17) is 14.6 Å². The normalized spacial score (nSPS) is 55.8. The number of carboxylic acid groups (broad SMARTS) is 1. The predicted octanol–water partition coefficient (Wildman–Crippen LogP) is 1.41. The van der Waals surface area contributed by atoms with Crippen LogP contribution in [0.4, 0.5) is 4.79 Å². The van der Waals surface area contributed by atoms with Gasteiger partial charge >= 0.3 is 12.1 Å². The molecule has 4 saturated carbocycles. The van der Waals surface area contributed by atoms with Crippen LogP contribution in [0, 0.1) is 23.2 Å². The molecule has 17 heavy (non-hydrogen) atoms. The first kappa shape index (κ1) is 9.74. The highest BCUT2D eigenvalue weighted by Gasteiger charge is 2.91. The summed E-state index contributed by atoms with van der Waals surface area (Å²) in [4.78, 5) is 21.7. The van der Waals surface area contributed by atoms with E-state index in [1.165, 1.54) is 6.92 Å². The van der Waals surface area contributed by atoms with Crippen LogP contribution in [0.5, 0.6) is 0 Å². The molecule has 1 spiro atoms. The number of carbonyl (C=O) groups is 2. The van der Waals surface area contributed by atoms with Gasteiger partial charge < -0.3 is 14.6 Å². The van der Waals surface area contributed by atoms with Crippen molar-refractivity contribution >= 4 is 12.1 Å². The van der Waals surface area contributed by atoms with Crippen LogP contribution in [0.25, 0.3) is 0 Å². The van der Waals surface area contributed by atoms with Gasteiger partial charge in [-0.25, -0.2) is 4.79 Å². The Labute approximate surface area is 98.1 Å². The molecule has 0 bridgehead atoms. The molecule has 5 nitrogen and oxygen atoms in total. The van der Waals surface area contributed by atoms with Gasteiger partial charge in [-0.15, -0.1) is 0 Å². The minimum absolute atomic E-state index is 0.0187. The molecule has 4 aliphatic carbocycles. The van der Waals surface area contributed by atoms with E-state index in [0.717, 1.165) is 19.3 Å². The Hall–Kier alpha value is -1.26. The third-order valence-electron chi connectivity index (χ3n) is 5.54. The number of hydrogen-bond donors (Lipinski definition) is 1. The summed E-state index contributed by atoms with van der Waals surface area (Å²) in [5.41, 5.74) is -0.309. The number of rotatable bonds is 2. The van der Waals surface area contributed by atoms with E-state index in [1.807, 2.05) is 0 Å². The highest BCUT2D eigenvalue weighted by molar-refractivity contribution is 5.66. The Morgan fingerprint density at radius 1 is 1.29 bits per heavy atom. The molecular weight excluding hydrogens is 224 g/mol. The quantitative estimate of drug-likeness (QED) is 0.736. The highest BCUT2D eigenvalue weighted by Crippen LogP contribution is 2.88. The maximum atomic E-state index is 11.0. The van der Waals surface area contributed by atoms with E-state index in [-0.39, 0.29) is 17.5 Å². The predicted molar refractivity (Wildman–Crippen MR) is 54.1 cm³/mol. The Morgan fingerprint density at radius 3 is 2.65 bits per heavy atom. The highest BCUT2D eigenvalue weighted by atomic mass is 16.7. The molecule has 0 aromatic rings. The van der Waals surface area contributed by atoms with Crippen molar-refractivity contribution in [2.45, 2.75) is 37.9 Å². The van der Waals surface area contributed by atoms with Crippen molar-refractivity contribution in [3.05, 3.63) is 0 Å². The molecule has 1 N–H and O–H groups in total. The molecule has 0 radical (unpaired) electrons. The van der Waals surface area contributed by atoms with Crippen LogP contribution < -0.4 is 0 Å². The Morgan fingerprint density at radius 2 is 2.00 bits per heavy atom. The lowest BCUT2D eigenvalue weighted by Crippen LogP contribution is -2.61. The van der Waals surface area contributed by atoms with E-state index < -0.39 is 11.8 Å². The molecule has 4 fully saturated rings. The first-order chi connectivity index (χ1) is 7.99. The van der Waals surface area contributed by atoms with Crippen molar-refractivity contribution in [2.75, 3.05) is 0 Å². The SMILES string of the molecule is CC(=O)OC1C2CC3(OC(=O)O)CC34CC1C24. The topological polar surface area (TPSA) is 72.8 Å². The second-order valence-corrected chi connectivity index (χ2v) is 6.03. The van der Waals surface area contributed by atoms with Crippen LogP contribution in [-0.2, 0) is 14.3 Å². The van der Waals surface area contributed by atoms with Crippen molar-refractivity contribution in [3.63, 3.8) is 0 Å². The van der Waals surface area contributed by atoms with Crippen LogP contribution in [0.15, 0.2) is 0 Å². The van der Waals surface area contributed by atoms with Crippen LogP contribution >= 0.6 is 0 Å². The third-order valence-corrected chi connectivity index (χ3v) is 5.54. The third kappa shape index (κ3) is 0.860. The van der Waals surface area contributed by atoms with Crippen molar-refractivity contribution in [2.24, 2.45) is 23.2 Å². The average Bonchev–Trinajstić information content (AvgIpc) is 2.76. The zero-order valence-corrected chi connectivity index (χ0v) is 9.51. The van der Waals surface area contributed by atoms with Crippen molar-refractivity contribution < 1.29 is 24.2 Å². The Kier molecular flexibility index (Phi) is 1.40. The standard InChI is InChI=1S/C12H14O5/c1-5(13)16-9-6-2-11-4-12(11,17-10(14)15)3-7(9)8(6)11/h6-9H,2-4H2,1H3,(H,14,15). The van der Waals surface area contributed by atoms with E-state index in [1.54, 1.807) is 0 Å². The van der Waals surface area contributed by atoms with E-state index in [0.29, 0.717) is 17.8 Å². The van der Waals surface area contributed by atoms with Gasteiger partial charge in [-0.05, 0) is 25.2 Å². The molecule has 5 heteroatoms. The smallest absolute Gasteiger partial charge is 0.462 e. The maximum absolute atomic E-state index is 11.0. The zero-order valence-electron chi connectivity index (χ0n) is 9.51. The molecule has 0 saturated heterocycles. The summed E-state index contributed by atoms with van der Waals surface area (Å²) >= 11 is 0. The Balaban J connectivity index is 1.55. The lowest BCUT2D eigenvalue weighted by Gasteiger charge is -2.60. The van der Waals surface area contributed by atoms with Gasteiger partial charge in [0.15, 0.2) is 0 Å². The minimum Gasteiger partial charge on any atom is -0.462 e. The van der Waals surface area contributed by atoms with Gasteiger partial charge in [0.05, 0.1) is 0 Å². The summed E-state index contributed by atoms with van der Waals surface area (Å²) in [6.07, 6.45) is 1.45. The molecule has 0 heterocycles. The fourth-order valence-electron chi connectivity index (χ4n) is 5.11. The molecular formula is C12H14O5. The molecule has 4 rings (SSSR count). The summed E-state index contributed by atoms with van der Waals surface area (Å²) in [6, 6.07) is 0. The molecule has 6 atom stereocenters. The lowest BCUT2D eigenvalue weighted by molar-refractivity contribution is -0.212. The van der Waals surface area contributed by atoms with E-state index in [2.05, 4.69) is 0 Å². The second kappa shape index (κ2) is 2.44. The number of carbonyl (C=O) groups excluding carboxylic acids is 1.